The van der Waals surface area contributed by atoms with Gasteiger partial charge in [-0.2, -0.15) is 4.39 Å². The van der Waals surface area contributed by atoms with Gasteiger partial charge in [-0.15, -0.1) is 0 Å². The molecule has 0 radical (unpaired) electrons. The van der Waals surface area contributed by atoms with E-state index in [-0.39, 0.29) is 22.6 Å². The minimum absolute atomic E-state index is 0.00351. The third-order valence-electron chi connectivity index (χ3n) is 4.92. The van der Waals surface area contributed by atoms with Gasteiger partial charge in [0.1, 0.15) is 5.69 Å². The maximum absolute atomic E-state index is 14.3. The van der Waals surface area contributed by atoms with Crippen molar-refractivity contribution in [2.45, 2.75) is 25.4 Å². The van der Waals surface area contributed by atoms with Crippen LogP contribution in [0.25, 0.3) is 5.57 Å². The van der Waals surface area contributed by atoms with Crippen molar-refractivity contribution >= 4 is 23.1 Å². The molecular weight excluding hydrogens is 396 g/mol. The van der Waals surface area contributed by atoms with E-state index in [2.05, 4.69) is 10.3 Å². The minimum atomic E-state index is -1.12. The van der Waals surface area contributed by atoms with Gasteiger partial charge >= 0.3 is 0 Å². The highest BCUT2D eigenvalue weighted by Crippen LogP contribution is 2.40. The second kappa shape index (κ2) is 9.00. The molecule has 3 N–H and O–H groups in total. The van der Waals surface area contributed by atoms with E-state index < -0.39 is 29.6 Å². The molecule has 0 bridgehead atoms. The predicted octanol–water partition coefficient (Wildman–Crippen LogP) is 3.06. The predicted molar refractivity (Wildman–Crippen MR) is 106 cm³/mol. The van der Waals surface area contributed by atoms with E-state index in [4.69, 9.17) is 15.2 Å². The molecule has 1 unspecified atom stereocenters. The van der Waals surface area contributed by atoms with Gasteiger partial charge in [0.25, 0.3) is 11.8 Å². The largest absolute Gasteiger partial charge is 0.493 e. The number of primary amides is 1. The third-order valence-corrected chi connectivity index (χ3v) is 4.92. The maximum atomic E-state index is 14.3. The van der Waals surface area contributed by atoms with Gasteiger partial charge in [-0.05, 0) is 49.1 Å². The SMILES string of the molecule is COc1c(C2=C(C(=O)Nc3ccnc(C(N)=O)c3)C(OC)CCC2)ccc(F)c1F. The van der Waals surface area contributed by atoms with Crippen molar-refractivity contribution in [1.82, 2.24) is 4.98 Å². The Bertz CT molecular complexity index is 1020. The molecule has 30 heavy (non-hydrogen) atoms. The summed E-state index contributed by atoms with van der Waals surface area (Å²) in [5.74, 6) is -3.67. The average Bonchev–Trinajstić information content (AvgIpc) is 2.75. The fourth-order valence-corrected chi connectivity index (χ4v) is 3.55. The summed E-state index contributed by atoms with van der Waals surface area (Å²) in [6.07, 6.45) is 2.51. The summed E-state index contributed by atoms with van der Waals surface area (Å²) in [4.78, 5) is 28.3. The summed E-state index contributed by atoms with van der Waals surface area (Å²) in [7, 11) is 2.71. The number of carbonyl (C=O) groups is 2. The van der Waals surface area contributed by atoms with Crippen LogP contribution in [0, 0.1) is 11.6 Å². The van der Waals surface area contributed by atoms with Crippen molar-refractivity contribution < 1.29 is 27.8 Å². The van der Waals surface area contributed by atoms with Gasteiger partial charge in [-0.1, -0.05) is 0 Å². The first-order valence-electron chi connectivity index (χ1n) is 9.22. The molecule has 1 aromatic carbocycles. The Hall–Kier alpha value is -3.33. The number of benzene rings is 1. The van der Waals surface area contributed by atoms with Crippen LogP contribution >= 0.6 is 0 Å². The third kappa shape index (κ3) is 4.16. The molecule has 1 aliphatic rings. The van der Waals surface area contributed by atoms with Crippen molar-refractivity contribution in [3.8, 4) is 5.75 Å². The number of nitrogens with one attached hydrogen (secondary N) is 1. The van der Waals surface area contributed by atoms with Crippen LogP contribution < -0.4 is 15.8 Å². The number of ether oxygens (including phenoxy) is 2. The zero-order valence-corrected chi connectivity index (χ0v) is 16.5. The summed E-state index contributed by atoms with van der Waals surface area (Å²) >= 11 is 0. The molecule has 1 atom stereocenters. The Morgan fingerprint density at radius 1 is 1.23 bits per heavy atom. The highest BCUT2D eigenvalue weighted by molar-refractivity contribution is 6.10. The molecule has 1 aliphatic carbocycles. The molecule has 0 fully saturated rings. The number of amides is 2. The van der Waals surface area contributed by atoms with Crippen LogP contribution in [0.5, 0.6) is 5.75 Å². The summed E-state index contributed by atoms with van der Waals surface area (Å²) in [6.45, 7) is 0. The van der Waals surface area contributed by atoms with Gasteiger partial charge in [-0.3, -0.25) is 14.6 Å². The summed E-state index contributed by atoms with van der Waals surface area (Å²) in [6, 6.07) is 5.24. The van der Waals surface area contributed by atoms with Gasteiger partial charge in [0.05, 0.1) is 13.2 Å². The van der Waals surface area contributed by atoms with Gasteiger partial charge in [0, 0.05) is 30.1 Å². The Labute approximate surface area is 171 Å². The topological polar surface area (TPSA) is 104 Å². The number of hydrogen-bond donors (Lipinski definition) is 2. The summed E-state index contributed by atoms with van der Waals surface area (Å²) < 4.78 is 38.5. The second-order valence-electron chi connectivity index (χ2n) is 6.70. The number of aromatic nitrogens is 1. The Morgan fingerprint density at radius 2 is 2.00 bits per heavy atom. The van der Waals surface area contributed by atoms with E-state index in [1.54, 1.807) is 0 Å². The molecule has 1 heterocycles. The van der Waals surface area contributed by atoms with Crippen molar-refractivity contribution in [2.24, 2.45) is 5.73 Å². The van der Waals surface area contributed by atoms with Crippen LogP contribution in [0.4, 0.5) is 14.5 Å². The van der Waals surface area contributed by atoms with E-state index >= 15 is 0 Å². The first-order chi connectivity index (χ1) is 14.4. The average molecular weight is 417 g/mol. The number of anilines is 1. The van der Waals surface area contributed by atoms with Crippen molar-refractivity contribution in [2.75, 3.05) is 19.5 Å². The Kier molecular flexibility index (Phi) is 6.41. The normalized spacial score (nSPS) is 16.3. The van der Waals surface area contributed by atoms with E-state index in [1.807, 2.05) is 0 Å². The van der Waals surface area contributed by atoms with Crippen molar-refractivity contribution in [3.05, 3.63) is 58.9 Å². The van der Waals surface area contributed by atoms with Crippen molar-refractivity contribution in [3.63, 3.8) is 0 Å². The molecule has 7 nitrogen and oxygen atoms in total. The number of carbonyl (C=O) groups excluding carboxylic acids is 2. The number of pyridine rings is 1. The number of nitrogens with zero attached hydrogens (tertiary/aromatic N) is 1. The number of hydrogen-bond acceptors (Lipinski definition) is 5. The van der Waals surface area contributed by atoms with Gasteiger partial charge in [0.2, 0.25) is 5.82 Å². The highest BCUT2D eigenvalue weighted by atomic mass is 19.2. The maximum Gasteiger partial charge on any atom is 0.267 e. The van der Waals surface area contributed by atoms with E-state index in [1.165, 1.54) is 38.6 Å². The van der Waals surface area contributed by atoms with Crippen LogP contribution in [0.1, 0.15) is 35.3 Å². The molecule has 2 amide bonds. The van der Waals surface area contributed by atoms with Crippen molar-refractivity contribution in [1.29, 1.82) is 0 Å². The van der Waals surface area contributed by atoms with E-state index in [0.29, 0.717) is 30.5 Å². The Balaban J connectivity index is 2.08. The monoisotopic (exact) mass is 417 g/mol. The lowest BCUT2D eigenvalue weighted by atomic mass is 9.84. The molecule has 0 saturated heterocycles. The van der Waals surface area contributed by atoms with Crippen LogP contribution in [0.15, 0.2) is 36.0 Å². The number of allylic oxidation sites excluding steroid dienone is 1. The first-order valence-corrected chi connectivity index (χ1v) is 9.22. The quantitative estimate of drug-likeness (QED) is 0.752. The molecule has 158 valence electrons. The Morgan fingerprint density at radius 3 is 2.67 bits per heavy atom. The van der Waals surface area contributed by atoms with Gasteiger partial charge in [0.15, 0.2) is 11.6 Å². The summed E-state index contributed by atoms with van der Waals surface area (Å²) in [5, 5.41) is 2.70. The molecule has 1 aromatic heterocycles. The number of rotatable bonds is 6. The molecule has 3 rings (SSSR count). The van der Waals surface area contributed by atoms with Crippen LogP contribution in [-0.4, -0.2) is 37.1 Å². The standard InChI is InChI=1S/C21H21F2N3O4/c1-29-16-5-3-4-12(13-6-7-14(22)18(23)19(13)30-2)17(16)21(28)26-11-8-9-25-15(10-11)20(24)27/h6-10,16H,3-5H2,1-2H3,(H2,24,27)(H,25,26,28). The fraction of sp³-hybridized carbons (Fsp3) is 0.286. The molecular formula is C21H21F2N3O4. The minimum Gasteiger partial charge on any atom is -0.493 e. The number of methoxy groups -OCH3 is 2. The second-order valence-corrected chi connectivity index (χ2v) is 6.70. The lowest BCUT2D eigenvalue weighted by Gasteiger charge is -2.28. The number of halogens is 2. The van der Waals surface area contributed by atoms with E-state index in [9.17, 15) is 18.4 Å². The van der Waals surface area contributed by atoms with E-state index in [0.717, 1.165) is 6.07 Å². The molecule has 0 aliphatic heterocycles. The fourth-order valence-electron chi connectivity index (χ4n) is 3.55. The van der Waals surface area contributed by atoms with Gasteiger partial charge in [-0.25, -0.2) is 4.39 Å². The lowest BCUT2D eigenvalue weighted by molar-refractivity contribution is -0.114. The highest BCUT2D eigenvalue weighted by Gasteiger charge is 2.31. The molecule has 9 heteroatoms. The summed E-state index contributed by atoms with van der Waals surface area (Å²) in [5.41, 5.74) is 6.62. The molecule has 0 saturated carbocycles. The van der Waals surface area contributed by atoms with Crippen LogP contribution in [-0.2, 0) is 9.53 Å². The zero-order valence-electron chi connectivity index (χ0n) is 16.5. The zero-order chi connectivity index (χ0) is 21.8. The molecule has 0 spiro atoms. The first kappa shape index (κ1) is 21.4. The lowest BCUT2D eigenvalue weighted by Crippen LogP contribution is -2.29. The van der Waals surface area contributed by atoms with Gasteiger partial charge < -0.3 is 20.5 Å². The van der Waals surface area contributed by atoms with Crippen LogP contribution in [0.3, 0.4) is 0 Å². The smallest absolute Gasteiger partial charge is 0.267 e. The molecule has 2 aromatic rings. The van der Waals surface area contributed by atoms with Crippen LogP contribution in [0.2, 0.25) is 0 Å². The number of nitrogens with two attached hydrogens (primary N) is 1.